The minimum atomic E-state index is 0.125. The number of hydrogen-bond donors (Lipinski definition) is 2. The molecule has 0 aliphatic carbocycles. The molecule has 0 saturated heterocycles. The Hall–Kier alpha value is -0.760. The molecule has 0 saturated carbocycles. The highest BCUT2D eigenvalue weighted by Gasteiger charge is 2.22. The van der Waals surface area contributed by atoms with E-state index in [0.29, 0.717) is 12.0 Å². The van der Waals surface area contributed by atoms with Crippen LogP contribution in [0.5, 0.6) is 0 Å². The minimum absolute atomic E-state index is 0.125. The SMILES string of the molecule is C=C(NC(C)C(=C)C(C)(C)C)C(NC)C(C)C. The molecule has 0 aliphatic rings. The summed E-state index contributed by atoms with van der Waals surface area (Å²) in [5, 5.41) is 6.75. The van der Waals surface area contributed by atoms with Gasteiger partial charge in [0.2, 0.25) is 0 Å². The Morgan fingerprint density at radius 1 is 1.06 bits per heavy atom. The Kier molecular flexibility index (Phi) is 5.97. The molecular weight excluding hydrogens is 208 g/mol. The van der Waals surface area contributed by atoms with Gasteiger partial charge in [0, 0.05) is 17.8 Å². The molecule has 0 heterocycles. The Morgan fingerprint density at radius 3 is 1.82 bits per heavy atom. The van der Waals surface area contributed by atoms with E-state index in [1.807, 2.05) is 7.05 Å². The Morgan fingerprint density at radius 2 is 1.53 bits per heavy atom. The highest BCUT2D eigenvalue weighted by Crippen LogP contribution is 2.26. The maximum absolute atomic E-state index is 4.18. The van der Waals surface area contributed by atoms with Crippen LogP contribution in [0.1, 0.15) is 41.5 Å². The van der Waals surface area contributed by atoms with Gasteiger partial charge in [0.05, 0.1) is 0 Å². The molecule has 0 rings (SSSR count). The summed E-state index contributed by atoms with van der Waals surface area (Å²) in [7, 11) is 1.97. The van der Waals surface area contributed by atoms with Crippen LogP contribution in [0.4, 0.5) is 0 Å². The molecule has 0 radical (unpaired) electrons. The summed E-state index contributed by atoms with van der Waals surface area (Å²) in [5.74, 6) is 0.523. The minimum Gasteiger partial charge on any atom is -0.381 e. The lowest BCUT2D eigenvalue weighted by molar-refractivity contribution is 0.418. The van der Waals surface area contributed by atoms with Gasteiger partial charge in [0.25, 0.3) is 0 Å². The third-order valence-electron chi connectivity index (χ3n) is 3.24. The predicted octanol–water partition coefficient (Wildman–Crippen LogP) is 3.32. The lowest BCUT2D eigenvalue weighted by atomic mass is 9.83. The van der Waals surface area contributed by atoms with Crippen molar-refractivity contribution in [2.45, 2.75) is 53.6 Å². The fraction of sp³-hybridized carbons (Fsp3) is 0.733. The normalized spacial score (nSPS) is 15.5. The van der Waals surface area contributed by atoms with Crippen molar-refractivity contribution < 1.29 is 0 Å². The lowest BCUT2D eigenvalue weighted by Crippen LogP contribution is -2.42. The highest BCUT2D eigenvalue weighted by atomic mass is 15.0. The van der Waals surface area contributed by atoms with Crippen molar-refractivity contribution in [1.82, 2.24) is 10.6 Å². The van der Waals surface area contributed by atoms with E-state index in [1.54, 1.807) is 0 Å². The maximum atomic E-state index is 4.18. The Balaban J connectivity index is 4.54. The van der Waals surface area contributed by atoms with Crippen LogP contribution < -0.4 is 10.6 Å². The van der Waals surface area contributed by atoms with Gasteiger partial charge >= 0.3 is 0 Å². The molecule has 0 amide bonds. The summed E-state index contributed by atoms with van der Waals surface area (Å²) in [6.45, 7) is 21.4. The van der Waals surface area contributed by atoms with E-state index in [9.17, 15) is 0 Å². The molecule has 0 aromatic rings. The third-order valence-corrected chi connectivity index (χ3v) is 3.24. The van der Waals surface area contributed by atoms with E-state index < -0.39 is 0 Å². The number of hydrogen-bond acceptors (Lipinski definition) is 2. The molecule has 2 heteroatoms. The summed E-state index contributed by atoms with van der Waals surface area (Å²) < 4.78 is 0. The van der Waals surface area contributed by atoms with Crippen LogP contribution in [0.15, 0.2) is 24.4 Å². The molecule has 0 aliphatic heterocycles. The molecule has 2 N–H and O–H groups in total. The summed E-state index contributed by atoms with van der Waals surface area (Å²) in [6.07, 6.45) is 0. The van der Waals surface area contributed by atoms with Crippen molar-refractivity contribution in [3.8, 4) is 0 Å². The van der Waals surface area contributed by atoms with E-state index in [4.69, 9.17) is 0 Å². The summed E-state index contributed by atoms with van der Waals surface area (Å²) in [5.41, 5.74) is 2.37. The van der Waals surface area contributed by atoms with Crippen LogP contribution in [0.3, 0.4) is 0 Å². The van der Waals surface area contributed by atoms with E-state index in [1.165, 1.54) is 5.57 Å². The van der Waals surface area contributed by atoms with Crippen LogP contribution in [-0.2, 0) is 0 Å². The highest BCUT2D eigenvalue weighted by molar-refractivity contribution is 5.17. The van der Waals surface area contributed by atoms with Crippen LogP contribution in [-0.4, -0.2) is 19.1 Å². The van der Waals surface area contributed by atoms with Gasteiger partial charge in [0.1, 0.15) is 0 Å². The van der Waals surface area contributed by atoms with Crippen LogP contribution in [0.25, 0.3) is 0 Å². The molecule has 100 valence electrons. The Labute approximate surface area is 108 Å². The first-order valence-corrected chi connectivity index (χ1v) is 6.43. The van der Waals surface area contributed by atoms with E-state index in [2.05, 4.69) is 65.3 Å². The van der Waals surface area contributed by atoms with Crippen LogP contribution >= 0.6 is 0 Å². The van der Waals surface area contributed by atoms with Crippen LogP contribution in [0, 0.1) is 11.3 Å². The van der Waals surface area contributed by atoms with Crippen molar-refractivity contribution in [1.29, 1.82) is 0 Å². The fourth-order valence-electron chi connectivity index (χ4n) is 2.01. The van der Waals surface area contributed by atoms with Crippen LogP contribution in [0.2, 0.25) is 0 Å². The second-order valence-electron chi connectivity index (χ2n) is 6.18. The zero-order valence-electron chi connectivity index (χ0n) is 12.6. The largest absolute Gasteiger partial charge is 0.381 e. The van der Waals surface area contributed by atoms with Gasteiger partial charge in [-0.05, 0) is 25.3 Å². The number of likely N-dealkylation sites (N-methyl/N-ethyl adjacent to an activating group) is 1. The fourth-order valence-corrected chi connectivity index (χ4v) is 2.01. The molecular formula is C15H30N2. The second kappa shape index (κ2) is 6.25. The summed E-state index contributed by atoms with van der Waals surface area (Å²) in [6, 6.07) is 0.544. The van der Waals surface area contributed by atoms with Gasteiger partial charge in [-0.25, -0.2) is 0 Å². The molecule has 0 fully saturated rings. The Bertz CT molecular complexity index is 271. The molecule has 2 unspecified atom stereocenters. The third kappa shape index (κ3) is 4.95. The quantitative estimate of drug-likeness (QED) is 0.694. The van der Waals surface area contributed by atoms with Crippen molar-refractivity contribution >= 4 is 0 Å². The molecule has 2 nitrogen and oxygen atoms in total. The second-order valence-corrected chi connectivity index (χ2v) is 6.18. The average Bonchev–Trinajstić information content (AvgIpc) is 2.15. The number of rotatable bonds is 6. The zero-order valence-corrected chi connectivity index (χ0v) is 12.6. The molecule has 0 spiro atoms. The standard InChI is InChI=1S/C15H30N2/c1-10(2)14(16-9)13(5)17-12(4)11(3)15(6,7)8/h10,12,14,16-17H,3,5H2,1-2,4,6-9H3. The monoisotopic (exact) mass is 238 g/mol. The molecule has 0 aromatic heterocycles. The first kappa shape index (κ1) is 16.2. The first-order chi connectivity index (χ1) is 7.61. The van der Waals surface area contributed by atoms with Crippen molar-refractivity contribution in [3.63, 3.8) is 0 Å². The predicted molar refractivity (Wildman–Crippen MR) is 78.0 cm³/mol. The van der Waals surface area contributed by atoms with Crippen molar-refractivity contribution in [2.75, 3.05) is 7.05 Å². The van der Waals surface area contributed by atoms with Crippen molar-refractivity contribution in [3.05, 3.63) is 24.4 Å². The molecule has 17 heavy (non-hydrogen) atoms. The van der Waals surface area contributed by atoms with Crippen molar-refractivity contribution in [2.24, 2.45) is 11.3 Å². The first-order valence-electron chi connectivity index (χ1n) is 6.43. The van der Waals surface area contributed by atoms with E-state index in [0.717, 1.165) is 5.70 Å². The molecule has 0 aromatic carbocycles. The van der Waals surface area contributed by atoms with E-state index in [-0.39, 0.29) is 11.5 Å². The van der Waals surface area contributed by atoms with E-state index >= 15 is 0 Å². The van der Waals surface area contributed by atoms with Gasteiger partial charge in [-0.15, -0.1) is 0 Å². The zero-order chi connectivity index (χ0) is 13.8. The average molecular weight is 238 g/mol. The molecule has 2 atom stereocenters. The topological polar surface area (TPSA) is 24.1 Å². The smallest absolute Gasteiger partial charge is 0.0484 e. The van der Waals surface area contributed by atoms with Gasteiger partial charge < -0.3 is 10.6 Å². The summed E-state index contributed by atoms with van der Waals surface area (Å²) in [4.78, 5) is 0. The molecule has 0 bridgehead atoms. The van der Waals surface area contributed by atoms with Gasteiger partial charge in [-0.2, -0.15) is 0 Å². The van der Waals surface area contributed by atoms with Gasteiger partial charge in [-0.3, -0.25) is 0 Å². The number of nitrogens with one attached hydrogen (secondary N) is 2. The lowest BCUT2D eigenvalue weighted by Gasteiger charge is -2.32. The van der Waals surface area contributed by atoms with Gasteiger partial charge in [-0.1, -0.05) is 53.3 Å². The summed E-state index contributed by atoms with van der Waals surface area (Å²) >= 11 is 0. The van der Waals surface area contributed by atoms with Gasteiger partial charge in [0.15, 0.2) is 0 Å². The maximum Gasteiger partial charge on any atom is 0.0484 e.